The number of hydrogen-bond donors (Lipinski definition) is 1. The van der Waals surface area contributed by atoms with Gasteiger partial charge in [0.05, 0.1) is 13.3 Å². The van der Waals surface area contributed by atoms with Crippen LogP contribution in [0.15, 0.2) is 30.5 Å². The molecule has 0 aliphatic carbocycles. The number of H-pyrrole nitrogens is 1. The van der Waals surface area contributed by atoms with Crippen molar-refractivity contribution in [2.24, 2.45) is 0 Å². The molecule has 0 atom stereocenters. The van der Waals surface area contributed by atoms with Crippen molar-refractivity contribution in [3.8, 4) is 11.5 Å². The van der Waals surface area contributed by atoms with Crippen molar-refractivity contribution in [2.45, 2.75) is 25.7 Å². The second-order valence-electron chi connectivity index (χ2n) is 6.11. The summed E-state index contributed by atoms with van der Waals surface area (Å²) in [5, 5.41) is 7.30. The van der Waals surface area contributed by atoms with E-state index in [1.165, 1.54) is 24.1 Å². The summed E-state index contributed by atoms with van der Waals surface area (Å²) < 4.78 is 11.0. The van der Waals surface area contributed by atoms with E-state index >= 15 is 0 Å². The van der Waals surface area contributed by atoms with Gasteiger partial charge in [0.1, 0.15) is 18.1 Å². The zero-order valence-corrected chi connectivity index (χ0v) is 13.9. The van der Waals surface area contributed by atoms with Crippen LogP contribution in [0.3, 0.4) is 0 Å². The third kappa shape index (κ3) is 4.05. The number of rotatable bonds is 6. The van der Waals surface area contributed by atoms with Gasteiger partial charge in [0, 0.05) is 24.2 Å². The van der Waals surface area contributed by atoms with Crippen molar-refractivity contribution in [2.75, 3.05) is 33.4 Å². The van der Waals surface area contributed by atoms with Crippen molar-refractivity contribution < 1.29 is 9.47 Å². The molecule has 1 aliphatic rings. The van der Waals surface area contributed by atoms with Crippen LogP contribution in [-0.4, -0.2) is 48.4 Å². The van der Waals surface area contributed by atoms with E-state index in [-0.39, 0.29) is 0 Å². The van der Waals surface area contributed by atoms with Crippen LogP contribution in [0.4, 0.5) is 0 Å². The van der Waals surface area contributed by atoms with E-state index < -0.39 is 0 Å². The molecule has 5 heteroatoms. The lowest BCUT2D eigenvalue weighted by Gasteiger charge is -2.31. The average Bonchev–Trinajstić information content (AvgIpc) is 3.02. The predicted octanol–water partition coefficient (Wildman–Crippen LogP) is 2.99. The molecule has 1 aromatic heterocycles. The minimum Gasteiger partial charge on any atom is -0.497 e. The van der Waals surface area contributed by atoms with E-state index in [9.17, 15) is 0 Å². The number of nitrogens with zero attached hydrogens (tertiary/aromatic N) is 2. The molecule has 1 N–H and O–H groups in total. The van der Waals surface area contributed by atoms with Crippen molar-refractivity contribution in [3.05, 3.63) is 41.7 Å². The summed E-state index contributed by atoms with van der Waals surface area (Å²) in [5.74, 6) is 2.32. The molecule has 0 amide bonds. The topological polar surface area (TPSA) is 50.4 Å². The normalized spacial score (nSPS) is 16.4. The summed E-state index contributed by atoms with van der Waals surface area (Å²) in [6.45, 7) is 6.04. The monoisotopic (exact) mass is 315 g/mol. The standard InChI is InChI=1S/C18H25N3O2/c1-14-13-19-20-18(14)15-6-8-21(9-7-15)10-11-23-17-5-3-4-16(12-17)22-2/h3-5,12-13,15H,6-11H2,1-2H3,(H,19,20). The van der Waals surface area contributed by atoms with Gasteiger partial charge < -0.3 is 9.47 Å². The lowest BCUT2D eigenvalue weighted by molar-refractivity contribution is 0.172. The summed E-state index contributed by atoms with van der Waals surface area (Å²) >= 11 is 0. The maximum absolute atomic E-state index is 5.83. The molecule has 3 rings (SSSR count). The molecule has 5 nitrogen and oxygen atoms in total. The van der Waals surface area contributed by atoms with Crippen molar-refractivity contribution >= 4 is 0 Å². The maximum atomic E-state index is 5.83. The lowest BCUT2D eigenvalue weighted by atomic mass is 9.92. The smallest absolute Gasteiger partial charge is 0.123 e. The number of aromatic nitrogens is 2. The second-order valence-corrected chi connectivity index (χ2v) is 6.11. The molecule has 0 saturated carbocycles. The number of piperidine rings is 1. The van der Waals surface area contributed by atoms with Crippen molar-refractivity contribution in [1.29, 1.82) is 0 Å². The molecule has 1 fully saturated rings. The summed E-state index contributed by atoms with van der Waals surface area (Å²) in [6.07, 6.45) is 4.29. The van der Waals surface area contributed by atoms with Crippen LogP contribution in [0.5, 0.6) is 11.5 Å². The minimum absolute atomic E-state index is 0.619. The molecule has 1 aromatic carbocycles. The Bertz CT molecular complexity index is 618. The van der Waals surface area contributed by atoms with Crippen LogP contribution < -0.4 is 9.47 Å². The van der Waals surface area contributed by atoms with Gasteiger partial charge in [-0.25, -0.2) is 0 Å². The first-order valence-electron chi connectivity index (χ1n) is 8.25. The summed E-state index contributed by atoms with van der Waals surface area (Å²) in [4.78, 5) is 2.47. The number of likely N-dealkylation sites (tertiary alicyclic amines) is 1. The van der Waals surface area contributed by atoms with Crippen LogP contribution in [0.1, 0.15) is 30.0 Å². The highest BCUT2D eigenvalue weighted by molar-refractivity contribution is 5.32. The molecule has 0 bridgehead atoms. The zero-order valence-electron chi connectivity index (χ0n) is 13.9. The van der Waals surface area contributed by atoms with E-state index in [0.717, 1.165) is 31.1 Å². The number of ether oxygens (including phenoxy) is 2. The molecule has 1 aliphatic heterocycles. The number of aromatic amines is 1. The van der Waals surface area contributed by atoms with Crippen LogP contribution in [-0.2, 0) is 0 Å². The SMILES string of the molecule is COc1cccc(OCCN2CCC(c3[nH]ncc3C)CC2)c1. The highest BCUT2D eigenvalue weighted by Gasteiger charge is 2.22. The Balaban J connectivity index is 1.41. The van der Waals surface area contributed by atoms with Gasteiger partial charge in [-0.2, -0.15) is 5.10 Å². The molecule has 23 heavy (non-hydrogen) atoms. The molecule has 124 valence electrons. The van der Waals surface area contributed by atoms with Gasteiger partial charge in [0.25, 0.3) is 0 Å². The van der Waals surface area contributed by atoms with Crippen LogP contribution in [0.2, 0.25) is 0 Å². The van der Waals surface area contributed by atoms with E-state index in [1.54, 1.807) is 7.11 Å². The molecule has 1 saturated heterocycles. The third-order valence-electron chi connectivity index (χ3n) is 4.58. The summed E-state index contributed by atoms with van der Waals surface area (Å²) in [6, 6.07) is 7.77. The summed E-state index contributed by atoms with van der Waals surface area (Å²) in [5.41, 5.74) is 2.60. The first kappa shape index (κ1) is 15.9. The Morgan fingerprint density at radius 3 is 2.74 bits per heavy atom. The van der Waals surface area contributed by atoms with E-state index in [1.807, 2.05) is 30.5 Å². The lowest BCUT2D eigenvalue weighted by Crippen LogP contribution is -2.36. The Kier molecular flexibility index (Phi) is 5.18. The molecule has 0 radical (unpaired) electrons. The first-order valence-corrected chi connectivity index (χ1v) is 8.25. The molecular formula is C18H25N3O2. The molecular weight excluding hydrogens is 290 g/mol. The fourth-order valence-corrected chi connectivity index (χ4v) is 3.20. The van der Waals surface area contributed by atoms with E-state index in [2.05, 4.69) is 22.0 Å². The Labute approximate surface area is 137 Å². The van der Waals surface area contributed by atoms with Crippen LogP contribution in [0.25, 0.3) is 0 Å². The van der Waals surface area contributed by atoms with Gasteiger partial charge in [-0.05, 0) is 50.6 Å². The molecule has 2 aromatic rings. The highest BCUT2D eigenvalue weighted by Crippen LogP contribution is 2.28. The highest BCUT2D eigenvalue weighted by atomic mass is 16.5. The number of aryl methyl sites for hydroxylation is 1. The van der Waals surface area contributed by atoms with Gasteiger partial charge >= 0.3 is 0 Å². The predicted molar refractivity (Wildman–Crippen MR) is 90.2 cm³/mol. The Hall–Kier alpha value is -2.01. The number of hydrogen-bond acceptors (Lipinski definition) is 4. The number of benzene rings is 1. The minimum atomic E-state index is 0.619. The Morgan fingerprint density at radius 2 is 2.04 bits per heavy atom. The fraction of sp³-hybridized carbons (Fsp3) is 0.500. The van der Waals surface area contributed by atoms with Crippen molar-refractivity contribution in [3.63, 3.8) is 0 Å². The van der Waals surface area contributed by atoms with E-state index in [0.29, 0.717) is 12.5 Å². The first-order chi connectivity index (χ1) is 11.3. The van der Waals surface area contributed by atoms with Crippen molar-refractivity contribution in [1.82, 2.24) is 15.1 Å². The van der Waals surface area contributed by atoms with E-state index in [4.69, 9.17) is 9.47 Å². The molecule has 2 heterocycles. The number of nitrogens with one attached hydrogen (secondary N) is 1. The quantitative estimate of drug-likeness (QED) is 0.890. The summed E-state index contributed by atoms with van der Waals surface area (Å²) in [7, 11) is 1.67. The maximum Gasteiger partial charge on any atom is 0.123 e. The largest absolute Gasteiger partial charge is 0.497 e. The Morgan fingerprint density at radius 1 is 1.26 bits per heavy atom. The van der Waals surface area contributed by atoms with Gasteiger partial charge in [-0.1, -0.05) is 6.07 Å². The molecule has 0 unspecified atom stereocenters. The average molecular weight is 315 g/mol. The second kappa shape index (κ2) is 7.51. The third-order valence-corrected chi connectivity index (χ3v) is 4.58. The fourth-order valence-electron chi connectivity index (χ4n) is 3.20. The van der Waals surface area contributed by atoms with Gasteiger partial charge in [0.15, 0.2) is 0 Å². The van der Waals surface area contributed by atoms with Crippen LogP contribution in [0, 0.1) is 6.92 Å². The van der Waals surface area contributed by atoms with Gasteiger partial charge in [0.2, 0.25) is 0 Å². The zero-order chi connectivity index (χ0) is 16.1. The van der Waals surface area contributed by atoms with Gasteiger partial charge in [-0.3, -0.25) is 10.00 Å². The van der Waals surface area contributed by atoms with Crippen LogP contribution >= 0.6 is 0 Å². The van der Waals surface area contributed by atoms with Gasteiger partial charge in [-0.15, -0.1) is 0 Å². The number of methoxy groups -OCH3 is 1. The molecule has 0 spiro atoms.